The zero-order valence-corrected chi connectivity index (χ0v) is 12.4. The predicted octanol–water partition coefficient (Wildman–Crippen LogP) is 2.18. The van der Waals surface area contributed by atoms with Crippen molar-refractivity contribution in [1.29, 1.82) is 0 Å². The first-order valence-electron chi connectivity index (χ1n) is 7.44. The van der Waals surface area contributed by atoms with Gasteiger partial charge in [0.15, 0.2) is 0 Å². The van der Waals surface area contributed by atoms with Crippen molar-refractivity contribution in [2.24, 2.45) is 13.0 Å². The summed E-state index contributed by atoms with van der Waals surface area (Å²) in [6, 6.07) is 0.548. The Morgan fingerprint density at radius 3 is 2.58 bits per heavy atom. The summed E-state index contributed by atoms with van der Waals surface area (Å²) >= 11 is 0. The van der Waals surface area contributed by atoms with E-state index in [1.807, 2.05) is 17.9 Å². The lowest BCUT2D eigenvalue weighted by atomic mass is 9.87. The van der Waals surface area contributed by atoms with Crippen LogP contribution < -0.4 is 0 Å². The number of rotatable bonds is 5. The maximum Gasteiger partial charge on any atom is 0.0540 e. The average Bonchev–Trinajstić information content (AvgIpc) is 2.76. The summed E-state index contributed by atoms with van der Waals surface area (Å²) in [5, 5.41) is 13.8. The summed E-state index contributed by atoms with van der Waals surface area (Å²) in [4.78, 5) is 2.53. The SMILES string of the molecule is CC(C)N(Cc1cnn(C)c1)CC1CCC(O)CC1. The highest BCUT2D eigenvalue weighted by Crippen LogP contribution is 2.26. The molecule has 4 nitrogen and oxygen atoms in total. The van der Waals surface area contributed by atoms with E-state index in [0.29, 0.717) is 6.04 Å². The van der Waals surface area contributed by atoms with Crippen molar-refractivity contribution in [1.82, 2.24) is 14.7 Å². The van der Waals surface area contributed by atoms with E-state index in [4.69, 9.17) is 0 Å². The van der Waals surface area contributed by atoms with Gasteiger partial charge in [0.25, 0.3) is 0 Å². The van der Waals surface area contributed by atoms with E-state index in [-0.39, 0.29) is 6.10 Å². The van der Waals surface area contributed by atoms with E-state index in [0.717, 1.165) is 44.7 Å². The molecule has 0 saturated heterocycles. The minimum absolute atomic E-state index is 0.0536. The molecule has 1 aromatic heterocycles. The molecule has 0 spiro atoms. The average molecular weight is 265 g/mol. The standard InChI is InChI=1S/C15H27N3O/c1-12(2)18(11-14-8-16-17(3)9-14)10-13-4-6-15(19)7-5-13/h8-9,12-13,15,19H,4-7,10-11H2,1-3H3. The van der Waals surface area contributed by atoms with Gasteiger partial charge >= 0.3 is 0 Å². The molecule has 0 bridgehead atoms. The van der Waals surface area contributed by atoms with E-state index in [2.05, 4.69) is 30.0 Å². The van der Waals surface area contributed by atoms with E-state index < -0.39 is 0 Å². The third-order valence-electron chi connectivity index (χ3n) is 4.18. The summed E-state index contributed by atoms with van der Waals surface area (Å²) in [6.45, 7) is 6.63. The molecule has 1 aliphatic carbocycles. The maximum absolute atomic E-state index is 9.58. The highest BCUT2D eigenvalue weighted by molar-refractivity contribution is 5.03. The molecule has 1 aliphatic rings. The summed E-state index contributed by atoms with van der Waals surface area (Å²) in [7, 11) is 1.96. The van der Waals surface area contributed by atoms with Crippen LogP contribution in [-0.4, -0.2) is 38.5 Å². The van der Waals surface area contributed by atoms with Crippen LogP contribution in [0.15, 0.2) is 12.4 Å². The Bertz CT molecular complexity index is 380. The molecule has 0 amide bonds. The molecule has 4 heteroatoms. The Morgan fingerprint density at radius 2 is 2.05 bits per heavy atom. The van der Waals surface area contributed by atoms with Crippen molar-refractivity contribution >= 4 is 0 Å². The monoisotopic (exact) mass is 265 g/mol. The number of aliphatic hydroxyl groups excluding tert-OH is 1. The van der Waals surface area contributed by atoms with Gasteiger partial charge in [-0.1, -0.05) is 0 Å². The zero-order valence-electron chi connectivity index (χ0n) is 12.4. The highest BCUT2D eigenvalue weighted by atomic mass is 16.3. The molecule has 0 atom stereocenters. The smallest absolute Gasteiger partial charge is 0.0540 e. The summed E-state index contributed by atoms with van der Waals surface area (Å²) < 4.78 is 1.87. The molecular formula is C15H27N3O. The summed E-state index contributed by atoms with van der Waals surface area (Å²) in [5.74, 6) is 0.738. The number of aryl methyl sites for hydroxylation is 1. The van der Waals surface area contributed by atoms with Crippen LogP contribution in [0.25, 0.3) is 0 Å². The lowest BCUT2D eigenvalue weighted by Crippen LogP contribution is -2.36. The minimum atomic E-state index is -0.0536. The van der Waals surface area contributed by atoms with Crippen LogP contribution in [0.2, 0.25) is 0 Å². The van der Waals surface area contributed by atoms with Crippen molar-refractivity contribution in [3.05, 3.63) is 18.0 Å². The largest absolute Gasteiger partial charge is 0.393 e. The minimum Gasteiger partial charge on any atom is -0.393 e. The molecule has 1 heterocycles. The molecule has 0 aromatic carbocycles. The van der Waals surface area contributed by atoms with Crippen LogP contribution in [0.3, 0.4) is 0 Å². The van der Waals surface area contributed by atoms with Gasteiger partial charge in [0.05, 0.1) is 12.3 Å². The Kier molecular flexibility index (Phi) is 4.99. The number of hydrogen-bond donors (Lipinski definition) is 1. The van der Waals surface area contributed by atoms with Crippen LogP contribution in [-0.2, 0) is 13.6 Å². The van der Waals surface area contributed by atoms with Crippen molar-refractivity contribution in [3.63, 3.8) is 0 Å². The molecule has 2 rings (SSSR count). The quantitative estimate of drug-likeness (QED) is 0.887. The second-order valence-corrected chi connectivity index (χ2v) is 6.22. The molecule has 0 aliphatic heterocycles. The van der Waals surface area contributed by atoms with Gasteiger partial charge in [-0.05, 0) is 45.4 Å². The first kappa shape index (κ1) is 14.5. The predicted molar refractivity (Wildman–Crippen MR) is 76.7 cm³/mol. The first-order chi connectivity index (χ1) is 9.04. The van der Waals surface area contributed by atoms with Crippen LogP contribution in [0.1, 0.15) is 45.1 Å². The molecular weight excluding hydrogens is 238 g/mol. The Balaban J connectivity index is 1.89. The fourth-order valence-corrected chi connectivity index (χ4v) is 2.91. The molecule has 1 N–H and O–H groups in total. The van der Waals surface area contributed by atoms with Gasteiger partial charge < -0.3 is 5.11 Å². The third kappa shape index (κ3) is 4.32. The summed E-state index contributed by atoms with van der Waals surface area (Å²) in [6.07, 6.45) is 8.28. The molecule has 1 saturated carbocycles. The molecule has 1 fully saturated rings. The second kappa shape index (κ2) is 6.53. The normalized spacial score (nSPS) is 24.3. The number of nitrogens with zero attached hydrogens (tertiary/aromatic N) is 3. The molecule has 1 aromatic rings. The second-order valence-electron chi connectivity index (χ2n) is 6.22. The lowest BCUT2D eigenvalue weighted by molar-refractivity contribution is 0.0854. The Morgan fingerprint density at radius 1 is 1.37 bits per heavy atom. The molecule has 19 heavy (non-hydrogen) atoms. The molecule has 108 valence electrons. The van der Waals surface area contributed by atoms with Crippen LogP contribution >= 0.6 is 0 Å². The van der Waals surface area contributed by atoms with Crippen LogP contribution in [0.4, 0.5) is 0 Å². The van der Waals surface area contributed by atoms with Gasteiger partial charge in [0.2, 0.25) is 0 Å². The van der Waals surface area contributed by atoms with Crippen molar-refractivity contribution in [2.45, 2.75) is 58.2 Å². The zero-order chi connectivity index (χ0) is 13.8. The van der Waals surface area contributed by atoms with E-state index in [1.165, 1.54) is 5.56 Å². The highest BCUT2D eigenvalue weighted by Gasteiger charge is 2.22. The van der Waals surface area contributed by atoms with E-state index in [1.54, 1.807) is 0 Å². The van der Waals surface area contributed by atoms with Gasteiger partial charge in [-0.15, -0.1) is 0 Å². The van der Waals surface area contributed by atoms with Crippen LogP contribution in [0.5, 0.6) is 0 Å². The van der Waals surface area contributed by atoms with E-state index in [9.17, 15) is 5.11 Å². The topological polar surface area (TPSA) is 41.3 Å². The fraction of sp³-hybridized carbons (Fsp3) is 0.800. The van der Waals surface area contributed by atoms with Gasteiger partial charge in [-0.3, -0.25) is 9.58 Å². The first-order valence-corrected chi connectivity index (χ1v) is 7.44. The Hall–Kier alpha value is -0.870. The van der Waals surface area contributed by atoms with Gasteiger partial charge in [-0.2, -0.15) is 5.10 Å². The molecule has 0 radical (unpaired) electrons. The van der Waals surface area contributed by atoms with Crippen molar-refractivity contribution in [3.8, 4) is 0 Å². The van der Waals surface area contributed by atoms with Crippen molar-refractivity contribution in [2.75, 3.05) is 6.54 Å². The van der Waals surface area contributed by atoms with Gasteiger partial charge in [-0.25, -0.2) is 0 Å². The number of aliphatic hydroxyl groups is 1. The van der Waals surface area contributed by atoms with Gasteiger partial charge in [0.1, 0.15) is 0 Å². The summed E-state index contributed by atoms with van der Waals surface area (Å²) in [5.41, 5.74) is 1.28. The third-order valence-corrected chi connectivity index (χ3v) is 4.18. The maximum atomic E-state index is 9.58. The fourth-order valence-electron chi connectivity index (χ4n) is 2.91. The lowest BCUT2D eigenvalue weighted by Gasteiger charge is -2.33. The van der Waals surface area contributed by atoms with Gasteiger partial charge in [0, 0.05) is 37.9 Å². The molecule has 0 unspecified atom stereocenters. The van der Waals surface area contributed by atoms with Crippen molar-refractivity contribution < 1.29 is 5.11 Å². The number of aromatic nitrogens is 2. The number of hydrogen-bond acceptors (Lipinski definition) is 3. The van der Waals surface area contributed by atoms with Crippen LogP contribution in [0, 0.1) is 5.92 Å². The Labute approximate surface area is 116 Å². The van der Waals surface area contributed by atoms with E-state index >= 15 is 0 Å².